The second kappa shape index (κ2) is 6.42. The molecule has 0 aliphatic heterocycles. The molecule has 0 amide bonds. The number of benzene rings is 2. The molecule has 0 radical (unpaired) electrons. The van der Waals surface area contributed by atoms with Crippen molar-refractivity contribution in [1.82, 2.24) is 0 Å². The molecule has 2 aromatic carbocycles. The minimum atomic E-state index is 0.398. The first-order valence-electron chi connectivity index (χ1n) is 7.17. The maximum Gasteiger partial charge on any atom is 0.123 e. The molecule has 1 nitrogen and oxygen atoms in total. The van der Waals surface area contributed by atoms with Crippen LogP contribution in [-0.2, 0) is 12.8 Å². The molecule has 19 heavy (non-hydrogen) atoms. The van der Waals surface area contributed by atoms with Gasteiger partial charge in [-0.3, -0.25) is 0 Å². The lowest BCUT2D eigenvalue weighted by Crippen LogP contribution is -1.97. The van der Waals surface area contributed by atoms with Gasteiger partial charge in [-0.2, -0.15) is 0 Å². The Labute approximate surface area is 115 Å². The van der Waals surface area contributed by atoms with E-state index in [-0.39, 0.29) is 0 Å². The molecule has 0 bridgehead atoms. The van der Waals surface area contributed by atoms with Gasteiger partial charge in [0.2, 0.25) is 0 Å². The van der Waals surface area contributed by atoms with Crippen LogP contribution in [0.2, 0.25) is 0 Å². The average molecular weight is 254 g/mol. The highest BCUT2D eigenvalue weighted by Gasteiger charge is 2.13. The van der Waals surface area contributed by atoms with Crippen molar-refractivity contribution in [3.63, 3.8) is 0 Å². The van der Waals surface area contributed by atoms with Crippen molar-refractivity contribution < 1.29 is 5.11 Å². The molecular weight excluding hydrogens is 232 g/mol. The number of hydrogen-bond acceptors (Lipinski definition) is 1. The zero-order valence-corrected chi connectivity index (χ0v) is 11.8. The number of phenolic OH excluding ortho intramolecular Hbond substituents is 1. The summed E-state index contributed by atoms with van der Waals surface area (Å²) in [5.74, 6) is 0.398. The van der Waals surface area contributed by atoms with E-state index in [1.54, 1.807) is 0 Å². The minimum Gasteiger partial charge on any atom is -0.507 e. The van der Waals surface area contributed by atoms with Crippen LogP contribution in [0, 0.1) is 0 Å². The topological polar surface area (TPSA) is 20.2 Å². The normalized spacial score (nSPS) is 10.6. The molecule has 2 rings (SSSR count). The molecule has 2 aromatic rings. The third-order valence-corrected chi connectivity index (χ3v) is 3.61. The summed E-state index contributed by atoms with van der Waals surface area (Å²) in [6.45, 7) is 4.38. The third kappa shape index (κ3) is 2.98. The predicted molar refractivity (Wildman–Crippen MR) is 81.5 cm³/mol. The van der Waals surface area contributed by atoms with Crippen LogP contribution in [-0.4, -0.2) is 5.11 Å². The van der Waals surface area contributed by atoms with Crippen molar-refractivity contribution in [2.24, 2.45) is 0 Å². The summed E-state index contributed by atoms with van der Waals surface area (Å²) in [6.07, 6.45) is 4.39. The third-order valence-electron chi connectivity index (χ3n) is 3.61. The molecular formula is C18H22O. The standard InChI is InChI=1S/C18H22O/c1-3-5-11-16-14(4-2)12-13-17(19)18(16)15-9-7-6-8-10-15/h6-10,12-13,19H,3-5,11H2,1-2H3. The highest BCUT2D eigenvalue weighted by Crippen LogP contribution is 2.35. The first kappa shape index (κ1) is 13.7. The summed E-state index contributed by atoms with van der Waals surface area (Å²) in [6, 6.07) is 14.1. The Morgan fingerprint density at radius 2 is 1.68 bits per heavy atom. The molecule has 0 aliphatic carbocycles. The molecule has 0 spiro atoms. The molecule has 1 heteroatoms. The van der Waals surface area contributed by atoms with Gasteiger partial charge in [-0.05, 0) is 42.0 Å². The Bertz CT molecular complexity index is 529. The van der Waals surface area contributed by atoms with E-state index in [1.807, 2.05) is 24.3 Å². The molecule has 0 atom stereocenters. The largest absolute Gasteiger partial charge is 0.507 e. The van der Waals surface area contributed by atoms with Gasteiger partial charge in [0.25, 0.3) is 0 Å². The van der Waals surface area contributed by atoms with Crippen molar-refractivity contribution >= 4 is 0 Å². The fraction of sp³-hybridized carbons (Fsp3) is 0.333. The maximum atomic E-state index is 10.3. The summed E-state index contributed by atoms with van der Waals surface area (Å²) in [7, 11) is 0. The number of hydrogen-bond donors (Lipinski definition) is 1. The number of aryl methyl sites for hydroxylation is 1. The van der Waals surface area contributed by atoms with Gasteiger partial charge >= 0.3 is 0 Å². The van der Waals surface area contributed by atoms with Crippen molar-refractivity contribution in [3.05, 3.63) is 53.6 Å². The number of unbranched alkanes of at least 4 members (excludes halogenated alkanes) is 1. The van der Waals surface area contributed by atoms with E-state index < -0.39 is 0 Å². The van der Waals surface area contributed by atoms with Gasteiger partial charge < -0.3 is 5.11 Å². The maximum absolute atomic E-state index is 10.3. The van der Waals surface area contributed by atoms with E-state index in [2.05, 4.69) is 32.0 Å². The van der Waals surface area contributed by atoms with Gasteiger partial charge in [0.05, 0.1) is 0 Å². The number of phenols is 1. The van der Waals surface area contributed by atoms with Crippen molar-refractivity contribution in [2.75, 3.05) is 0 Å². The van der Waals surface area contributed by atoms with Gasteiger partial charge in [0.15, 0.2) is 0 Å². The van der Waals surface area contributed by atoms with Crippen molar-refractivity contribution in [3.8, 4) is 16.9 Å². The molecule has 0 saturated carbocycles. The summed E-state index contributed by atoms with van der Waals surface area (Å²) >= 11 is 0. The van der Waals surface area contributed by atoms with Crippen LogP contribution >= 0.6 is 0 Å². The first-order valence-corrected chi connectivity index (χ1v) is 7.17. The predicted octanol–water partition coefficient (Wildman–Crippen LogP) is 4.96. The quantitative estimate of drug-likeness (QED) is 0.799. The lowest BCUT2D eigenvalue weighted by Gasteiger charge is -2.16. The lowest BCUT2D eigenvalue weighted by molar-refractivity contribution is 0.476. The summed E-state index contributed by atoms with van der Waals surface area (Å²) < 4.78 is 0. The first-order chi connectivity index (χ1) is 9.27. The summed E-state index contributed by atoms with van der Waals surface area (Å²) in [4.78, 5) is 0. The Kier molecular flexibility index (Phi) is 4.62. The van der Waals surface area contributed by atoms with Crippen LogP contribution in [0.15, 0.2) is 42.5 Å². The molecule has 0 heterocycles. The summed E-state index contributed by atoms with van der Waals surface area (Å²) in [5.41, 5.74) is 4.80. The van der Waals surface area contributed by atoms with Crippen molar-refractivity contribution in [2.45, 2.75) is 39.5 Å². The van der Waals surface area contributed by atoms with E-state index in [9.17, 15) is 5.11 Å². The van der Waals surface area contributed by atoms with Crippen molar-refractivity contribution in [1.29, 1.82) is 0 Å². The molecule has 100 valence electrons. The molecule has 0 aliphatic rings. The number of rotatable bonds is 5. The van der Waals surface area contributed by atoms with Crippen LogP contribution in [0.3, 0.4) is 0 Å². The zero-order chi connectivity index (χ0) is 13.7. The monoisotopic (exact) mass is 254 g/mol. The Morgan fingerprint density at radius 3 is 2.32 bits per heavy atom. The molecule has 0 fully saturated rings. The SMILES string of the molecule is CCCCc1c(CC)ccc(O)c1-c1ccccc1. The van der Waals surface area contributed by atoms with E-state index in [1.165, 1.54) is 17.5 Å². The fourth-order valence-corrected chi connectivity index (χ4v) is 2.58. The van der Waals surface area contributed by atoms with E-state index >= 15 is 0 Å². The van der Waals surface area contributed by atoms with Crippen LogP contribution in [0.4, 0.5) is 0 Å². The summed E-state index contributed by atoms with van der Waals surface area (Å²) in [5, 5.41) is 10.3. The van der Waals surface area contributed by atoms with Crippen LogP contribution in [0.5, 0.6) is 5.75 Å². The molecule has 1 N–H and O–H groups in total. The van der Waals surface area contributed by atoms with Gasteiger partial charge in [0, 0.05) is 5.56 Å². The second-order valence-electron chi connectivity index (χ2n) is 4.92. The van der Waals surface area contributed by atoms with Gasteiger partial charge in [-0.25, -0.2) is 0 Å². The smallest absolute Gasteiger partial charge is 0.123 e. The second-order valence-corrected chi connectivity index (χ2v) is 4.92. The Balaban J connectivity index is 2.56. The highest BCUT2D eigenvalue weighted by atomic mass is 16.3. The Hall–Kier alpha value is -1.76. The molecule has 0 unspecified atom stereocenters. The van der Waals surface area contributed by atoms with Gasteiger partial charge in [-0.15, -0.1) is 0 Å². The van der Waals surface area contributed by atoms with E-state index in [4.69, 9.17) is 0 Å². The number of aromatic hydroxyl groups is 1. The average Bonchev–Trinajstić information content (AvgIpc) is 2.46. The van der Waals surface area contributed by atoms with E-state index in [0.717, 1.165) is 30.4 Å². The van der Waals surface area contributed by atoms with Crippen LogP contribution in [0.1, 0.15) is 37.8 Å². The zero-order valence-electron chi connectivity index (χ0n) is 11.8. The Morgan fingerprint density at radius 1 is 0.947 bits per heavy atom. The fourth-order valence-electron chi connectivity index (χ4n) is 2.58. The van der Waals surface area contributed by atoms with Crippen LogP contribution in [0.25, 0.3) is 11.1 Å². The van der Waals surface area contributed by atoms with E-state index in [0.29, 0.717) is 5.75 Å². The van der Waals surface area contributed by atoms with Gasteiger partial charge in [0.1, 0.15) is 5.75 Å². The van der Waals surface area contributed by atoms with Crippen LogP contribution < -0.4 is 0 Å². The molecule has 0 saturated heterocycles. The highest BCUT2D eigenvalue weighted by molar-refractivity contribution is 5.75. The lowest BCUT2D eigenvalue weighted by atomic mass is 9.90. The minimum absolute atomic E-state index is 0.398. The molecule has 0 aromatic heterocycles. The van der Waals surface area contributed by atoms with Gasteiger partial charge in [-0.1, -0.05) is 56.7 Å².